The minimum atomic E-state index is -4.58. The predicted octanol–water partition coefficient (Wildman–Crippen LogP) is 1.15. The van der Waals surface area contributed by atoms with Crippen molar-refractivity contribution >= 4 is 5.84 Å². The van der Waals surface area contributed by atoms with Gasteiger partial charge in [0.15, 0.2) is 5.84 Å². The number of aliphatic hydroxyl groups is 1. The molecule has 1 aliphatic carbocycles. The number of nitrogens with two attached hydrogens (primary N) is 1. The number of halogens is 3. The highest BCUT2D eigenvalue weighted by Gasteiger charge is 2.44. The highest BCUT2D eigenvalue weighted by molar-refractivity contribution is 5.83. The maximum atomic E-state index is 12.8. The fourth-order valence-electron chi connectivity index (χ4n) is 2.50. The van der Waals surface area contributed by atoms with Crippen LogP contribution in [0.15, 0.2) is 5.16 Å². The van der Waals surface area contributed by atoms with Gasteiger partial charge in [-0.05, 0) is 19.9 Å². The number of hydrogen-bond donors (Lipinski definition) is 3. The molecule has 8 heteroatoms. The summed E-state index contributed by atoms with van der Waals surface area (Å²) < 4.78 is 38.3. The summed E-state index contributed by atoms with van der Waals surface area (Å²) in [5.74, 6) is -2.90. The molecule has 0 aromatic carbocycles. The molecule has 19 heavy (non-hydrogen) atoms. The average molecular weight is 283 g/mol. The second-order valence-electron chi connectivity index (χ2n) is 5.25. The summed E-state index contributed by atoms with van der Waals surface area (Å²) in [7, 11) is 1.49. The number of nitrogens with zero attached hydrogens (tertiary/aromatic N) is 2. The summed E-state index contributed by atoms with van der Waals surface area (Å²) in [6, 6.07) is 0. The molecular weight excluding hydrogens is 263 g/mol. The quantitative estimate of drug-likeness (QED) is 0.306. The van der Waals surface area contributed by atoms with Gasteiger partial charge in [-0.1, -0.05) is 18.0 Å². The van der Waals surface area contributed by atoms with Crippen LogP contribution in [0.3, 0.4) is 0 Å². The maximum absolute atomic E-state index is 12.8. The number of hydrogen-bond acceptors (Lipinski definition) is 4. The van der Waals surface area contributed by atoms with E-state index in [-0.39, 0.29) is 6.54 Å². The summed E-state index contributed by atoms with van der Waals surface area (Å²) in [4.78, 5) is 1.38. The standard InChI is InChI=1S/C11H20F3N3O2/c1-17(7-10(18)4-2-3-5-10)6-8(9(15)16-19)11(12,13)14/h8,18-19H,2-7H2,1H3,(H2,15,16). The van der Waals surface area contributed by atoms with Crippen molar-refractivity contribution in [1.82, 2.24) is 4.90 Å². The normalized spacial score (nSPS) is 21.9. The van der Waals surface area contributed by atoms with Gasteiger partial charge >= 0.3 is 6.18 Å². The van der Waals surface area contributed by atoms with Crippen LogP contribution in [-0.2, 0) is 0 Å². The zero-order valence-electron chi connectivity index (χ0n) is 10.8. The fraction of sp³-hybridized carbons (Fsp3) is 0.909. The lowest BCUT2D eigenvalue weighted by Crippen LogP contribution is -2.47. The van der Waals surface area contributed by atoms with Crippen LogP contribution < -0.4 is 5.73 Å². The first-order valence-corrected chi connectivity index (χ1v) is 6.13. The number of likely N-dealkylation sites (N-methyl/N-ethyl adjacent to an activating group) is 1. The Bertz CT molecular complexity index is 328. The van der Waals surface area contributed by atoms with Crippen molar-refractivity contribution in [2.75, 3.05) is 20.1 Å². The number of rotatable bonds is 5. The van der Waals surface area contributed by atoms with Crippen LogP contribution in [0.5, 0.6) is 0 Å². The van der Waals surface area contributed by atoms with Crippen LogP contribution in [0.1, 0.15) is 25.7 Å². The van der Waals surface area contributed by atoms with Gasteiger partial charge in [0.25, 0.3) is 0 Å². The summed E-state index contributed by atoms with van der Waals surface area (Å²) in [5.41, 5.74) is 4.16. The topological polar surface area (TPSA) is 82.1 Å². The van der Waals surface area contributed by atoms with E-state index < -0.39 is 30.1 Å². The Morgan fingerprint density at radius 3 is 2.37 bits per heavy atom. The summed E-state index contributed by atoms with van der Waals surface area (Å²) in [6.45, 7) is -0.292. The largest absolute Gasteiger partial charge is 0.409 e. The maximum Gasteiger partial charge on any atom is 0.400 e. The first kappa shape index (κ1) is 16.0. The Balaban J connectivity index is 2.64. The molecule has 0 amide bonds. The third kappa shape index (κ3) is 4.54. The molecule has 0 heterocycles. The van der Waals surface area contributed by atoms with Gasteiger partial charge in [-0.3, -0.25) is 0 Å². The van der Waals surface area contributed by atoms with Crippen molar-refractivity contribution in [2.45, 2.75) is 37.5 Å². The number of amidine groups is 1. The van der Waals surface area contributed by atoms with Crippen molar-refractivity contribution in [3.05, 3.63) is 0 Å². The van der Waals surface area contributed by atoms with Crippen LogP contribution in [0, 0.1) is 5.92 Å². The Labute approximate surface area is 109 Å². The van der Waals surface area contributed by atoms with E-state index in [1.807, 2.05) is 0 Å². The molecule has 1 rings (SSSR count). The van der Waals surface area contributed by atoms with Gasteiger partial charge in [0, 0.05) is 13.1 Å². The van der Waals surface area contributed by atoms with Gasteiger partial charge in [-0.2, -0.15) is 13.2 Å². The molecule has 0 radical (unpaired) electrons. The first-order valence-electron chi connectivity index (χ1n) is 6.13. The van der Waals surface area contributed by atoms with Gasteiger partial charge in [-0.25, -0.2) is 0 Å². The van der Waals surface area contributed by atoms with Crippen LogP contribution in [0.2, 0.25) is 0 Å². The van der Waals surface area contributed by atoms with E-state index in [4.69, 9.17) is 10.9 Å². The zero-order valence-corrected chi connectivity index (χ0v) is 10.8. The Morgan fingerprint density at radius 2 is 1.95 bits per heavy atom. The molecule has 0 saturated heterocycles. The van der Waals surface area contributed by atoms with Crippen molar-refractivity contribution in [3.8, 4) is 0 Å². The van der Waals surface area contributed by atoms with Crippen LogP contribution in [0.4, 0.5) is 13.2 Å². The van der Waals surface area contributed by atoms with E-state index in [9.17, 15) is 18.3 Å². The smallest absolute Gasteiger partial charge is 0.400 e. The lowest BCUT2D eigenvalue weighted by molar-refractivity contribution is -0.161. The van der Waals surface area contributed by atoms with E-state index >= 15 is 0 Å². The van der Waals surface area contributed by atoms with E-state index in [2.05, 4.69) is 5.16 Å². The average Bonchev–Trinajstić information content (AvgIpc) is 2.70. The van der Waals surface area contributed by atoms with Gasteiger partial charge in [0.2, 0.25) is 0 Å². The predicted molar refractivity (Wildman–Crippen MR) is 63.9 cm³/mol. The van der Waals surface area contributed by atoms with Crippen LogP contribution in [-0.4, -0.2) is 53.0 Å². The molecule has 1 saturated carbocycles. The second kappa shape index (κ2) is 5.96. The molecule has 4 N–H and O–H groups in total. The molecule has 1 fully saturated rings. The van der Waals surface area contributed by atoms with E-state index in [1.165, 1.54) is 11.9 Å². The third-order valence-corrected chi connectivity index (χ3v) is 3.46. The minimum Gasteiger partial charge on any atom is -0.409 e. The highest BCUT2D eigenvalue weighted by Crippen LogP contribution is 2.31. The fourth-order valence-corrected chi connectivity index (χ4v) is 2.50. The van der Waals surface area contributed by atoms with Crippen molar-refractivity contribution < 1.29 is 23.5 Å². The van der Waals surface area contributed by atoms with E-state index in [1.54, 1.807) is 0 Å². The first-order chi connectivity index (χ1) is 8.68. The molecule has 0 aliphatic heterocycles. The lowest BCUT2D eigenvalue weighted by atomic mass is 10.0. The second-order valence-corrected chi connectivity index (χ2v) is 5.25. The Morgan fingerprint density at radius 1 is 1.42 bits per heavy atom. The molecule has 0 bridgehead atoms. The molecule has 112 valence electrons. The van der Waals surface area contributed by atoms with E-state index in [0.717, 1.165) is 12.8 Å². The summed E-state index contributed by atoms with van der Waals surface area (Å²) >= 11 is 0. The Hall–Kier alpha value is -1.02. The van der Waals surface area contributed by atoms with Crippen LogP contribution in [0.25, 0.3) is 0 Å². The lowest BCUT2D eigenvalue weighted by Gasteiger charge is -2.31. The molecule has 5 nitrogen and oxygen atoms in total. The molecule has 1 atom stereocenters. The Kier molecular flexibility index (Phi) is 5.03. The van der Waals surface area contributed by atoms with Gasteiger partial charge < -0.3 is 20.9 Å². The molecule has 1 aliphatic rings. The molecule has 1 unspecified atom stereocenters. The number of oxime groups is 1. The molecular formula is C11H20F3N3O2. The van der Waals surface area contributed by atoms with Gasteiger partial charge in [-0.15, -0.1) is 0 Å². The van der Waals surface area contributed by atoms with Crippen molar-refractivity contribution in [3.63, 3.8) is 0 Å². The molecule has 0 aromatic rings. The zero-order chi connectivity index (χ0) is 14.7. The summed E-state index contributed by atoms with van der Waals surface area (Å²) in [6.07, 6.45) is -1.63. The van der Waals surface area contributed by atoms with Crippen LogP contribution >= 0.6 is 0 Å². The molecule has 0 spiro atoms. The van der Waals surface area contributed by atoms with Gasteiger partial charge in [0.1, 0.15) is 5.92 Å². The summed E-state index contributed by atoms with van der Waals surface area (Å²) in [5, 5.41) is 21.0. The van der Waals surface area contributed by atoms with Crippen molar-refractivity contribution in [2.24, 2.45) is 16.8 Å². The third-order valence-electron chi connectivity index (χ3n) is 3.46. The van der Waals surface area contributed by atoms with Crippen molar-refractivity contribution in [1.29, 1.82) is 0 Å². The SMILES string of the molecule is CN(CC(C(N)=NO)C(F)(F)F)CC1(O)CCCC1. The van der Waals surface area contributed by atoms with Gasteiger partial charge in [0.05, 0.1) is 5.60 Å². The highest BCUT2D eigenvalue weighted by atomic mass is 19.4. The van der Waals surface area contributed by atoms with E-state index in [0.29, 0.717) is 12.8 Å². The molecule has 0 aromatic heterocycles. The number of alkyl halides is 3. The minimum absolute atomic E-state index is 0.151. The monoisotopic (exact) mass is 283 g/mol.